The van der Waals surface area contributed by atoms with Crippen LogP contribution in [-0.2, 0) is 4.79 Å². The van der Waals surface area contributed by atoms with Crippen molar-refractivity contribution < 1.29 is 13.6 Å². The first-order valence-corrected chi connectivity index (χ1v) is 7.49. The Hall–Kier alpha value is -1.01. The third-order valence-corrected chi connectivity index (χ3v) is 4.22. The first-order valence-electron chi connectivity index (χ1n) is 6.69. The van der Waals surface area contributed by atoms with Gasteiger partial charge in [0.25, 0.3) is 0 Å². The second-order valence-electron chi connectivity index (χ2n) is 5.06. The summed E-state index contributed by atoms with van der Waals surface area (Å²) in [6.45, 7) is 2.78. The van der Waals surface area contributed by atoms with Gasteiger partial charge in [-0.2, -0.15) is 0 Å². The van der Waals surface area contributed by atoms with Crippen LogP contribution in [-0.4, -0.2) is 18.0 Å². The SMILES string of the molecule is CCCC1(C(=O)Nc2cc(Br)c(F)cc2F)CCCN1. The Bertz CT molecular complexity index is 516. The van der Waals surface area contributed by atoms with Crippen LogP contribution in [0.25, 0.3) is 0 Å². The number of carbonyl (C=O) groups is 1. The lowest BCUT2D eigenvalue weighted by molar-refractivity contribution is -0.122. The van der Waals surface area contributed by atoms with E-state index in [9.17, 15) is 13.6 Å². The van der Waals surface area contributed by atoms with Crippen LogP contribution < -0.4 is 10.6 Å². The fourth-order valence-corrected chi connectivity index (χ4v) is 2.96. The van der Waals surface area contributed by atoms with E-state index in [1.165, 1.54) is 6.07 Å². The molecule has 1 heterocycles. The number of carbonyl (C=O) groups excluding carboxylic acids is 1. The number of hydrogen-bond donors (Lipinski definition) is 2. The number of halogens is 3. The molecule has 0 bridgehead atoms. The highest BCUT2D eigenvalue weighted by molar-refractivity contribution is 9.10. The van der Waals surface area contributed by atoms with Crippen LogP contribution in [0, 0.1) is 11.6 Å². The largest absolute Gasteiger partial charge is 0.322 e. The monoisotopic (exact) mass is 346 g/mol. The van der Waals surface area contributed by atoms with Gasteiger partial charge in [0.2, 0.25) is 5.91 Å². The highest BCUT2D eigenvalue weighted by atomic mass is 79.9. The van der Waals surface area contributed by atoms with E-state index in [-0.39, 0.29) is 16.1 Å². The van der Waals surface area contributed by atoms with E-state index < -0.39 is 17.2 Å². The third-order valence-electron chi connectivity index (χ3n) is 3.61. The molecule has 2 rings (SSSR count). The van der Waals surface area contributed by atoms with E-state index in [1.54, 1.807) is 0 Å². The molecule has 0 saturated carbocycles. The van der Waals surface area contributed by atoms with Gasteiger partial charge >= 0.3 is 0 Å². The van der Waals surface area contributed by atoms with Crippen molar-refractivity contribution in [2.75, 3.05) is 11.9 Å². The fourth-order valence-electron chi connectivity index (χ4n) is 2.61. The molecule has 1 aromatic rings. The minimum Gasteiger partial charge on any atom is -0.322 e. The lowest BCUT2D eigenvalue weighted by atomic mass is 9.91. The zero-order chi connectivity index (χ0) is 14.8. The Labute approximate surface area is 125 Å². The van der Waals surface area contributed by atoms with E-state index in [0.717, 1.165) is 31.9 Å². The Morgan fingerprint density at radius 1 is 1.45 bits per heavy atom. The summed E-state index contributed by atoms with van der Waals surface area (Å²) in [5, 5.41) is 5.79. The van der Waals surface area contributed by atoms with Gasteiger partial charge in [0.05, 0.1) is 15.7 Å². The molecule has 1 aromatic carbocycles. The number of benzene rings is 1. The molecule has 1 atom stereocenters. The van der Waals surface area contributed by atoms with Crippen molar-refractivity contribution in [3.05, 3.63) is 28.2 Å². The van der Waals surface area contributed by atoms with Gasteiger partial charge in [0, 0.05) is 6.07 Å². The standard InChI is InChI=1S/C14H17BrF2N2O/c1-2-4-14(5-3-6-18-14)13(20)19-12-7-9(15)10(16)8-11(12)17/h7-8,18H,2-6H2,1H3,(H,19,20). The van der Waals surface area contributed by atoms with Crippen molar-refractivity contribution in [3.63, 3.8) is 0 Å². The van der Waals surface area contributed by atoms with Gasteiger partial charge in [-0.15, -0.1) is 0 Å². The Morgan fingerprint density at radius 3 is 2.80 bits per heavy atom. The number of rotatable bonds is 4. The molecule has 2 N–H and O–H groups in total. The maximum absolute atomic E-state index is 13.7. The van der Waals surface area contributed by atoms with Gasteiger partial charge in [0.1, 0.15) is 11.6 Å². The maximum atomic E-state index is 13.7. The predicted molar refractivity (Wildman–Crippen MR) is 77.6 cm³/mol. The minimum atomic E-state index is -0.774. The van der Waals surface area contributed by atoms with Crippen molar-refractivity contribution in [1.29, 1.82) is 0 Å². The summed E-state index contributed by atoms with van der Waals surface area (Å²) in [6.07, 6.45) is 3.21. The summed E-state index contributed by atoms with van der Waals surface area (Å²) >= 11 is 2.99. The number of anilines is 1. The van der Waals surface area contributed by atoms with E-state index >= 15 is 0 Å². The smallest absolute Gasteiger partial charge is 0.244 e. The van der Waals surface area contributed by atoms with Gasteiger partial charge in [-0.05, 0) is 47.8 Å². The first-order chi connectivity index (χ1) is 9.48. The lowest BCUT2D eigenvalue weighted by Gasteiger charge is -2.28. The van der Waals surface area contributed by atoms with Crippen LogP contribution in [0.1, 0.15) is 32.6 Å². The van der Waals surface area contributed by atoms with Gasteiger partial charge in [-0.3, -0.25) is 4.79 Å². The van der Waals surface area contributed by atoms with Crippen LogP contribution in [0.5, 0.6) is 0 Å². The number of amides is 1. The molecule has 1 unspecified atom stereocenters. The van der Waals surface area contributed by atoms with Crippen molar-refractivity contribution >= 4 is 27.5 Å². The average molecular weight is 347 g/mol. The summed E-state index contributed by atoms with van der Waals surface area (Å²) in [5.74, 6) is -1.72. The summed E-state index contributed by atoms with van der Waals surface area (Å²) in [7, 11) is 0. The zero-order valence-electron chi connectivity index (χ0n) is 11.2. The van der Waals surface area contributed by atoms with Gasteiger partial charge in [-0.1, -0.05) is 13.3 Å². The summed E-state index contributed by atoms with van der Waals surface area (Å²) in [5.41, 5.74) is -0.644. The fraction of sp³-hybridized carbons (Fsp3) is 0.500. The van der Waals surface area contributed by atoms with Crippen LogP contribution in [0.3, 0.4) is 0 Å². The zero-order valence-corrected chi connectivity index (χ0v) is 12.8. The van der Waals surface area contributed by atoms with Crippen LogP contribution in [0.15, 0.2) is 16.6 Å². The van der Waals surface area contributed by atoms with Gasteiger partial charge in [-0.25, -0.2) is 8.78 Å². The molecule has 110 valence electrons. The maximum Gasteiger partial charge on any atom is 0.244 e. The predicted octanol–water partition coefficient (Wildman–Crippen LogP) is 3.59. The molecular weight excluding hydrogens is 330 g/mol. The summed E-state index contributed by atoms with van der Waals surface area (Å²) in [4.78, 5) is 12.4. The molecule has 0 radical (unpaired) electrons. The summed E-state index contributed by atoms with van der Waals surface area (Å²) < 4.78 is 27.0. The quantitative estimate of drug-likeness (QED) is 0.818. The second-order valence-corrected chi connectivity index (χ2v) is 5.92. The molecular formula is C14H17BrF2N2O. The van der Waals surface area contributed by atoms with Gasteiger partial charge in [0.15, 0.2) is 0 Å². The van der Waals surface area contributed by atoms with Crippen molar-refractivity contribution in [2.45, 2.75) is 38.1 Å². The third kappa shape index (κ3) is 3.01. The Balaban J connectivity index is 2.20. The van der Waals surface area contributed by atoms with Crippen molar-refractivity contribution in [1.82, 2.24) is 5.32 Å². The normalized spacial score (nSPS) is 22.0. The Kier molecular flexibility index (Phi) is 4.75. The molecule has 3 nitrogen and oxygen atoms in total. The minimum absolute atomic E-state index is 0.00699. The van der Waals surface area contributed by atoms with Crippen LogP contribution >= 0.6 is 15.9 Å². The highest BCUT2D eigenvalue weighted by Crippen LogP contribution is 2.29. The summed E-state index contributed by atoms with van der Waals surface area (Å²) in [6, 6.07) is 2.01. The molecule has 20 heavy (non-hydrogen) atoms. The topological polar surface area (TPSA) is 41.1 Å². The number of nitrogens with one attached hydrogen (secondary N) is 2. The van der Waals surface area contributed by atoms with Crippen molar-refractivity contribution in [2.24, 2.45) is 0 Å². The molecule has 1 fully saturated rings. The molecule has 6 heteroatoms. The average Bonchev–Trinajstić information content (AvgIpc) is 2.86. The van der Waals surface area contributed by atoms with Crippen molar-refractivity contribution in [3.8, 4) is 0 Å². The molecule has 0 aliphatic carbocycles. The number of hydrogen-bond acceptors (Lipinski definition) is 2. The second kappa shape index (κ2) is 6.18. The van der Waals surface area contributed by atoms with E-state index in [0.29, 0.717) is 6.42 Å². The first kappa shape index (κ1) is 15.4. The van der Waals surface area contributed by atoms with E-state index in [1.807, 2.05) is 6.92 Å². The Morgan fingerprint density at radius 2 is 2.20 bits per heavy atom. The van der Waals surface area contributed by atoms with Crippen LogP contribution in [0.4, 0.5) is 14.5 Å². The van der Waals surface area contributed by atoms with E-state index in [4.69, 9.17) is 0 Å². The molecule has 1 amide bonds. The van der Waals surface area contributed by atoms with E-state index in [2.05, 4.69) is 26.6 Å². The van der Waals surface area contributed by atoms with Gasteiger partial charge < -0.3 is 10.6 Å². The molecule has 1 saturated heterocycles. The molecule has 0 aromatic heterocycles. The highest BCUT2D eigenvalue weighted by Gasteiger charge is 2.40. The molecule has 1 aliphatic heterocycles. The molecule has 1 aliphatic rings. The molecule has 0 spiro atoms. The lowest BCUT2D eigenvalue weighted by Crippen LogP contribution is -2.50. The van der Waals surface area contributed by atoms with Crippen LogP contribution in [0.2, 0.25) is 0 Å².